The minimum Gasteiger partial charge on any atom is -0.382 e. The largest absolute Gasteiger partial charge is 0.382 e. The van der Waals surface area contributed by atoms with Crippen LogP contribution in [0.15, 0.2) is 18.2 Å². The summed E-state index contributed by atoms with van der Waals surface area (Å²) in [6.45, 7) is 4.82. The smallest absolute Gasteiger partial charge is 0.129 e. The van der Waals surface area contributed by atoms with Crippen LogP contribution in [0.25, 0.3) is 0 Å². The van der Waals surface area contributed by atoms with Crippen LogP contribution in [-0.4, -0.2) is 6.04 Å². The Balaban J connectivity index is 2.02. The Labute approximate surface area is 102 Å². The Morgan fingerprint density at radius 1 is 1.47 bits per heavy atom. The average molecular weight is 236 g/mol. The van der Waals surface area contributed by atoms with Crippen molar-refractivity contribution in [2.45, 2.75) is 45.7 Å². The van der Waals surface area contributed by atoms with Gasteiger partial charge in [0.2, 0.25) is 0 Å². The fourth-order valence-electron chi connectivity index (χ4n) is 2.60. The maximum Gasteiger partial charge on any atom is 0.129 e. The normalized spacial score (nSPS) is 22.7. The molecule has 0 bridgehead atoms. The summed E-state index contributed by atoms with van der Waals surface area (Å²) in [5.41, 5.74) is 7.28. The number of nitrogens with one attached hydrogen (secondary N) is 1. The van der Waals surface area contributed by atoms with E-state index in [1.54, 1.807) is 12.1 Å². The van der Waals surface area contributed by atoms with E-state index in [1.807, 2.05) is 6.07 Å². The second-order valence-corrected chi connectivity index (χ2v) is 5.76. The molecule has 1 unspecified atom stereocenters. The van der Waals surface area contributed by atoms with Crippen molar-refractivity contribution in [2.24, 2.45) is 11.1 Å². The summed E-state index contributed by atoms with van der Waals surface area (Å²) in [6, 6.07) is 5.69. The second kappa shape index (κ2) is 4.65. The van der Waals surface area contributed by atoms with Gasteiger partial charge in [-0.1, -0.05) is 19.9 Å². The molecule has 1 aromatic rings. The maximum absolute atomic E-state index is 13.6. The fourth-order valence-corrected chi connectivity index (χ4v) is 2.60. The van der Waals surface area contributed by atoms with E-state index >= 15 is 0 Å². The molecule has 3 heteroatoms. The third kappa shape index (κ3) is 2.97. The Hall–Kier alpha value is -1.09. The lowest BCUT2D eigenvalue weighted by Gasteiger charge is -2.18. The highest BCUT2D eigenvalue weighted by Crippen LogP contribution is 2.38. The molecular weight excluding hydrogens is 215 g/mol. The van der Waals surface area contributed by atoms with Gasteiger partial charge in [-0.15, -0.1) is 0 Å². The van der Waals surface area contributed by atoms with E-state index in [1.165, 1.54) is 6.42 Å². The first-order chi connectivity index (χ1) is 8.00. The zero-order valence-electron chi connectivity index (χ0n) is 10.6. The number of halogens is 1. The number of rotatable bonds is 3. The Kier molecular flexibility index (Phi) is 3.38. The predicted octanol–water partition coefficient (Wildman–Crippen LogP) is 3.28. The molecule has 17 heavy (non-hydrogen) atoms. The summed E-state index contributed by atoms with van der Waals surface area (Å²) < 4.78 is 13.6. The second-order valence-electron chi connectivity index (χ2n) is 5.76. The van der Waals surface area contributed by atoms with Crippen molar-refractivity contribution in [3.8, 4) is 0 Å². The minimum absolute atomic E-state index is 0.213. The summed E-state index contributed by atoms with van der Waals surface area (Å²) in [5.74, 6) is -0.213. The van der Waals surface area contributed by atoms with Crippen molar-refractivity contribution in [1.82, 2.24) is 0 Å². The third-order valence-corrected chi connectivity index (χ3v) is 3.61. The molecule has 0 saturated heterocycles. The topological polar surface area (TPSA) is 38.0 Å². The van der Waals surface area contributed by atoms with E-state index in [2.05, 4.69) is 19.2 Å². The van der Waals surface area contributed by atoms with E-state index < -0.39 is 0 Å². The monoisotopic (exact) mass is 236 g/mol. The van der Waals surface area contributed by atoms with E-state index in [4.69, 9.17) is 5.73 Å². The zero-order chi connectivity index (χ0) is 12.5. The Morgan fingerprint density at radius 2 is 2.24 bits per heavy atom. The van der Waals surface area contributed by atoms with E-state index in [0.717, 1.165) is 18.5 Å². The highest BCUT2D eigenvalue weighted by atomic mass is 19.1. The van der Waals surface area contributed by atoms with Crippen LogP contribution in [0.3, 0.4) is 0 Å². The number of benzene rings is 1. The SMILES string of the molecule is CC1(C)CCC(Nc2ccc(CN)c(F)c2)C1. The summed E-state index contributed by atoms with van der Waals surface area (Å²) >= 11 is 0. The molecular formula is C14H21FN2. The minimum atomic E-state index is -0.213. The maximum atomic E-state index is 13.6. The van der Waals surface area contributed by atoms with Crippen molar-refractivity contribution in [1.29, 1.82) is 0 Å². The molecule has 1 aromatic carbocycles. The van der Waals surface area contributed by atoms with Crippen LogP contribution in [0.2, 0.25) is 0 Å². The van der Waals surface area contributed by atoms with Gasteiger partial charge in [0.25, 0.3) is 0 Å². The number of anilines is 1. The quantitative estimate of drug-likeness (QED) is 0.845. The molecule has 1 saturated carbocycles. The van der Waals surface area contributed by atoms with Crippen molar-refractivity contribution >= 4 is 5.69 Å². The summed E-state index contributed by atoms with van der Waals surface area (Å²) in [7, 11) is 0. The zero-order valence-corrected chi connectivity index (χ0v) is 10.6. The highest BCUT2D eigenvalue weighted by Gasteiger charge is 2.30. The van der Waals surface area contributed by atoms with Gasteiger partial charge < -0.3 is 11.1 Å². The van der Waals surface area contributed by atoms with Crippen LogP contribution < -0.4 is 11.1 Å². The molecule has 1 atom stereocenters. The molecule has 1 fully saturated rings. The van der Waals surface area contributed by atoms with Crippen LogP contribution in [0.4, 0.5) is 10.1 Å². The third-order valence-electron chi connectivity index (χ3n) is 3.61. The van der Waals surface area contributed by atoms with Gasteiger partial charge in [-0.25, -0.2) is 4.39 Å². The van der Waals surface area contributed by atoms with Gasteiger partial charge in [0.15, 0.2) is 0 Å². The summed E-state index contributed by atoms with van der Waals surface area (Å²) in [6.07, 6.45) is 3.54. The molecule has 94 valence electrons. The number of hydrogen-bond donors (Lipinski definition) is 2. The molecule has 0 spiro atoms. The van der Waals surface area contributed by atoms with Gasteiger partial charge in [-0.3, -0.25) is 0 Å². The fraction of sp³-hybridized carbons (Fsp3) is 0.571. The van der Waals surface area contributed by atoms with Gasteiger partial charge in [-0.2, -0.15) is 0 Å². The molecule has 1 aliphatic carbocycles. The van der Waals surface area contributed by atoms with Gasteiger partial charge >= 0.3 is 0 Å². The van der Waals surface area contributed by atoms with Gasteiger partial charge in [-0.05, 0) is 36.8 Å². The predicted molar refractivity (Wildman–Crippen MR) is 69.3 cm³/mol. The van der Waals surface area contributed by atoms with Gasteiger partial charge in [0.1, 0.15) is 5.82 Å². The van der Waals surface area contributed by atoms with E-state index in [-0.39, 0.29) is 12.4 Å². The lowest BCUT2D eigenvalue weighted by atomic mass is 9.92. The molecule has 0 aliphatic heterocycles. The lowest BCUT2D eigenvalue weighted by Crippen LogP contribution is -2.17. The van der Waals surface area contributed by atoms with Crippen LogP contribution in [0, 0.1) is 11.2 Å². The summed E-state index contributed by atoms with van der Waals surface area (Å²) in [5, 5.41) is 3.41. The van der Waals surface area contributed by atoms with Crippen LogP contribution in [0.5, 0.6) is 0 Å². The Bertz CT molecular complexity index is 401. The van der Waals surface area contributed by atoms with Crippen molar-refractivity contribution in [3.05, 3.63) is 29.6 Å². The lowest BCUT2D eigenvalue weighted by molar-refractivity contribution is 0.378. The number of nitrogens with two attached hydrogens (primary N) is 1. The van der Waals surface area contributed by atoms with Crippen LogP contribution in [-0.2, 0) is 6.54 Å². The van der Waals surface area contributed by atoms with Gasteiger partial charge in [0.05, 0.1) is 0 Å². The molecule has 0 aromatic heterocycles. The van der Waals surface area contributed by atoms with Crippen molar-refractivity contribution < 1.29 is 4.39 Å². The first-order valence-electron chi connectivity index (χ1n) is 6.25. The first kappa shape index (κ1) is 12.4. The molecule has 2 rings (SSSR count). The molecule has 0 heterocycles. The average Bonchev–Trinajstić information content (AvgIpc) is 2.58. The first-order valence-corrected chi connectivity index (χ1v) is 6.25. The molecule has 0 radical (unpaired) electrons. The van der Waals surface area contributed by atoms with E-state index in [0.29, 0.717) is 17.0 Å². The van der Waals surface area contributed by atoms with Gasteiger partial charge in [0, 0.05) is 23.8 Å². The Morgan fingerprint density at radius 3 is 2.76 bits per heavy atom. The molecule has 1 aliphatic rings. The number of hydrogen-bond acceptors (Lipinski definition) is 2. The summed E-state index contributed by atoms with van der Waals surface area (Å²) in [4.78, 5) is 0. The standard InChI is InChI=1S/C14H21FN2/c1-14(2)6-5-12(8-14)17-11-4-3-10(9-16)13(15)7-11/h3-4,7,12,17H,5-6,8-9,16H2,1-2H3. The van der Waals surface area contributed by atoms with Crippen molar-refractivity contribution in [2.75, 3.05) is 5.32 Å². The van der Waals surface area contributed by atoms with Crippen LogP contribution in [0.1, 0.15) is 38.7 Å². The van der Waals surface area contributed by atoms with Crippen LogP contribution >= 0.6 is 0 Å². The molecule has 3 N–H and O–H groups in total. The van der Waals surface area contributed by atoms with E-state index in [9.17, 15) is 4.39 Å². The molecule has 2 nitrogen and oxygen atoms in total. The highest BCUT2D eigenvalue weighted by molar-refractivity contribution is 5.46. The molecule has 0 amide bonds. The van der Waals surface area contributed by atoms with Crippen molar-refractivity contribution in [3.63, 3.8) is 0 Å².